The lowest BCUT2D eigenvalue weighted by Gasteiger charge is -2.12. The molecule has 0 amide bonds. The van der Waals surface area contributed by atoms with Crippen LogP contribution in [0.2, 0.25) is 5.02 Å². The molecular formula is C13H16ClN3O2. The SMILES string of the molecule is CCc1cc2nc(OC)c(OC)nc2c(CN)c1Cl. The summed E-state index contributed by atoms with van der Waals surface area (Å²) in [5.74, 6) is 0.673. The van der Waals surface area contributed by atoms with Crippen molar-refractivity contribution >= 4 is 22.6 Å². The van der Waals surface area contributed by atoms with Crippen molar-refractivity contribution in [2.75, 3.05) is 14.2 Å². The summed E-state index contributed by atoms with van der Waals surface area (Å²) in [4.78, 5) is 8.80. The Balaban J connectivity index is 2.83. The van der Waals surface area contributed by atoms with Gasteiger partial charge in [0.1, 0.15) is 0 Å². The molecule has 1 aromatic heterocycles. The largest absolute Gasteiger partial charge is 0.477 e. The van der Waals surface area contributed by atoms with Crippen molar-refractivity contribution in [1.29, 1.82) is 0 Å². The number of aryl methyl sites for hydroxylation is 1. The van der Waals surface area contributed by atoms with Gasteiger partial charge in [0, 0.05) is 12.1 Å². The summed E-state index contributed by atoms with van der Waals surface area (Å²) in [7, 11) is 3.04. The Morgan fingerprint density at radius 3 is 2.37 bits per heavy atom. The summed E-state index contributed by atoms with van der Waals surface area (Å²) in [6.07, 6.45) is 0.803. The smallest absolute Gasteiger partial charge is 0.278 e. The Morgan fingerprint density at radius 2 is 1.84 bits per heavy atom. The minimum atomic E-state index is 0.299. The van der Waals surface area contributed by atoms with Crippen LogP contribution in [0.3, 0.4) is 0 Å². The fourth-order valence-corrected chi connectivity index (χ4v) is 2.33. The molecule has 0 fully saturated rings. The van der Waals surface area contributed by atoms with Crippen LogP contribution in [-0.4, -0.2) is 24.2 Å². The van der Waals surface area contributed by atoms with Gasteiger partial charge >= 0.3 is 0 Å². The van der Waals surface area contributed by atoms with Crippen LogP contribution in [-0.2, 0) is 13.0 Å². The van der Waals surface area contributed by atoms with Crippen LogP contribution in [0.25, 0.3) is 11.0 Å². The lowest BCUT2D eigenvalue weighted by atomic mass is 10.1. The quantitative estimate of drug-likeness (QED) is 0.931. The summed E-state index contributed by atoms with van der Waals surface area (Å²) in [6.45, 7) is 2.33. The molecule has 0 aliphatic rings. The number of fused-ring (bicyclic) bond motifs is 1. The van der Waals surface area contributed by atoms with E-state index in [1.54, 1.807) is 0 Å². The molecule has 6 heteroatoms. The van der Waals surface area contributed by atoms with Gasteiger partial charge in [-0.05, 0) is 18.1 Å². The molecule has 2 N–H and O–H groups in total. The number of hydrogen-bond donors (Lipinski definition) is 1. The third-order valence-electron chi connectivity index (χ3n) is 2.98. The lowest BCUT2D eigenvalue weighted by Crippen LogP contribution is -2.05. The first kappa shape index (κ1) is 13.8. The van der Waals surface area contributed by atoms with Crippen LogP contribution in [0.5, 0.6) is 11.8 Å². The second kappa shape index (κ2) is 5.59. The Morgan fingerprint density at radius 1 is 1.21 bits per heavy atom. The fraction of sp³-hybridized carbons (Fsp3) is 0.385. The lowest BCUT2D eigenvalue weighted by molar-refractivity contribution is 0.334. The molecule has 0 atom stereocenters. The standard InChI is InChI=1S/C13H16ClN3O2/c1-4-7-5-9-11(8(6-15)10(7)14)17-13(19-3)12(16-9)18-2/h5H,4,6,15H2,1-3H3. The molecule has 0 aliphatic carbocycles. The van der Waals surface area contributed by atoms with Crippen LogP contribution in [0.4, 0.5) is 0 Å². The molecule has 102 valence electrons. The van der Waals surface area contributed by atoms with Crippen LogP contribution >= 0.6 is 11.6 Å². The highest BCUT2D eigenvalue weighted by Gasteiger charge is 2.16. The molecule has 2 rings (SSSR count). The molecule has 0 spiro atoms. The molecule has 0 saturated heterocycles. The Labute approximate surface area is 116 Å². The molecule has 0 unspecified atom stereocenters. The van der Waals surface area contributed by atoms with Gasteiger partial charge in [-0.3, -0.25) is 0 Å². The zero-order chi connectivity index (χ0) is 14.0. The van der Waals surface area contributed by atoms with Crippen molar-refractivity contribution in [3.63, 3.8) is 0 Å². The van der Waals surface area contributed by atoms with Crippen LogP contribution < -0.4 is 15.2 Å². The predicted octanol–water partition coefficient (Wildman–Crippen LogP) is 2.32. The van der Waals surface area contributed by atoms with Gasteiger partial charge < -0.3 is 15.2 Å². The van der Waals surface area contributed by atoms with Crippen LogP contribution in [0.1, 0.15) is 18.1 Å². The van der Waals surface area contributed by atoms with Crippen molar-refractivity contribution in [3.05, 3.63) is 22.2 Å². The number of methoxy groups -OCH3 is 2. The average molecular weight is 282 g/mol. The molecule has 0 bridgehead atoms. The third-order valence-corrected chi connectivity index (χ3v) is 3.45. The Kier molecular flexibility index (Phi) is 4.07. The predicted molar refractivity (Wildman–Crippen MR) is 74.9 cm³/mol. The van der Waals surface area contributed by atoms with Gasteiger partial charge in [0.15, 0.2) is 0 Å². The maximum atomic E-state index is 6.34. The highest BCUT2D eigenvalue weighted by Crippen LogP contribution is 2.32. The van der Waals surface area contributed by atoms with Gasteiger partial charge in [-0.15, -0.1) is 0 Å². The summed E-state index contributed by atoms with van der Waals surface area (Å²) in [6, 6.07) is 1.91. The maximum absolute atomic E-state index is 6.34. The first-order chi connectivity index (χ1) is 9.15. The molecule has 0 saturated carbocycles. The van der Waals surface area contributed by atoms with E-state index in [9.17, 15) is 0 Å². The van der Waals surface area contributed by atoms with Gasteiger partial charge in [0.05, 0.1) is 30.3 Å². The summed E-state index contributed by atoms with van der Waals surface area (Å²) < 4.78 is 10.3. The highest BCUT2D eigenvalue weighted by molar-refractivity contribution is 6.33. The van der Waals surface area contributed by atoms with E-state index in [0.717, 1.165) is 17.5 Å². The van der Waals surface area contributed by atoms with Crippen molar-refractivity contribution in [3.8, 4) is 11.8 Å². The molecule has 5 nitrogen and oxygen atoms in total. The number of rotatable bonds is 4. The number of aromatic nitrogens is 2. The minimum absolute atomic E-state index is 0.299. The van der Waals surface area contributed by atoms with E-state index < -0.39 is 0 Å². The zero-order valence-electron chi connectivity index (χ0n) is 11.2. The van der Waals surface area contributed by atoms with Crippen molar-refractivity contribution in [1.82, 2.24) is 9.97 Å². The number of hydrogen-bond acceptors (Lipinski definition) is 5. The van der Waals surface area contributed by atoms with Gasteiger partial charge in [-0.1, -0.05) is 18.5 Å². The van der Waals surface area contributed by atoms with Gasteiger partial charge in [-0.2, -0.15) is 0 Å². The molecule has 1 aromatic carbocycles. The zero-order valence-corrected chi connectivity index (χ0v) is 11.9. The number of nitrogens with two attached hydrogens (primary N) is 1. The number of nitrogens with zero attached hydrogens (tertiary/aromatic N) is 2. The Hall–Kier alpha value is -1.59. The minimum Gasteiger partial charge on any atom is -0.477 e. The van der Waals surface area contributed by atoms with Gasteiger partial charge in [-0.25, -0.2) is 9.97 Å². The van der Waals surface area contributed by atoms with E-state index in [1.165, 1.54) is 14.2 Å². The van der Waals surface area contributed by atoms with Crippen LogP contribution in [0, 0.1) is 0 Å². The second-order valence-electron chi connectivity index (χ2n) is 4.00. The molecule has 2 aromatic rings. The van der Waals surface area contributed by atoms with E-state index in [-0.39, 0.29) is 0 Å². The molecular weight excluding hydrogens is 266 g/mol. The van der Waals surface area contributed by atoms with Gasteiger partial charge in [0.25, 0.3) is 11.8 Å². The first-order valence-electron chi connectivity index (χ1n) is 5.96. The molecule has 1 heterocycles. The highest BCUT2D eigenvalue weighted by atomic mass is 35.5. The normalized spacial score (nSPS) is 10.8. The van der Waals surface area contributed by atoms with E-state index in [2.05, 4.69) is 9.97 Å². The fourth-order valence-electron chi connectivity index (χ4n) is 1.98. The Bertz CT molecular complexity index is 617. The van der Waals surface area contributed by atoms with Crippen molar-refractivity contribution < 1.29 is 9.47 Å². The molecule has 0 radical (unpaired) electrons. The van der Waals surface area contributed by atoms with Crippen LogP contribution in [0.15, 0.2) is 6.07 Å². The summed E-state index contributed by atoms with van der Waals surface area (Å²) in [5, 5.41) is 0.652. The monoisotopic (exact) mass is 281 g/mol. The number of benzene rings is 1. The van der Waals surface area contributed by atoms with Crippen molar-refractivity contribution in [2.24, 2.45) is 5.73 Å². The number of ether oxygens (including phenoxy) is 2. The molecule has 19 heavy (non-hydrogen) atoms. The summed E-state index contributed by atoms with van der Waals surface area (Å²) in [5.41, 5.74) is 8.92. The molecule has 0 aliphatic heterocycles. The van der Waals surface area contributed by atoms with E-state index >= 15 is 0 Å². The first-order valence-corrected chi connectivity index (χ1v) is 6.34. The van der Waals surface area contributed by atoms with E-state index in [0.29, 0.717) is 34.4 Å². The summed E-state index contributed by atoms with van der Waals surface area (Å²) >= 11 is 6.34. The second-order valence-corrected chi connectivity index (χ2v) is 4.37. The maximum Gasteiger partial charge on any atom is 0.278 e. The van der Waals surface area contributed by atoms with Crippen molar-refractivity contribution in [2.45, 2.75) is 19.9 Å². The van der Waals surface area contributed by atoms with E-state index in [1.807, 2.05) is 13.0 Å². The van der Waals surface area contributed by atoms with Gasteiger partial charge in [0.2, 0.25) is 0 Å². The van der Waals surface area contributed by atoms with E-state index in [4.69, 9.17) is 26.8 Å². The average Bonchev–Trinajstić information content (AvgIpc) is 2.45. The third kappa shape index (κ3) is 2.31. The number of halogens is 1. The topological polar surface area (TPSA) is 70.3 Å².